The number of nitrogens with zero attached hydrogens (tertiary/aromatic N) is 1. The molecule has 1 amide bonds. The summed E-state index contributed by atoms with van der Waals surface area (Å²) in [6.07, 6.45) is 1.28. The quantitative estimate of drug-likeness (QED) is 0.390. The van der Waals surface area contributed by atoms with Gasteiger partial charge in [0.15, 0.2) is 24.3 Å². The molecule has 1 aromatic carbocycles. The lowest BCUT2D eigenvalue weighted by Gasteiger charge is -2.13. The number of ketones is 1. The Balaban J connectivity index is 1.99. The molecule has 0 spiro atoms. The van der Waals surface area contributed by atoms with Crippen LogP contribution in [-0.4, -0.2) is 23.8 Å². The Hall–Kier alpha value is -3.22. The molecule has 0 aliphatic heterocycles. The van der Waals surface area contributed by atoms with Crippen molar-refractivity contribution < 1.29 is 23.9 Å². The first-order chi connectivity index (χ1) is 11.4. The molecule has 0 unspecified atom stereocenters. The smallest absolute Gasteiger partial charge is 0.339 e. The predicted octanol–water partition coefficient (Wildman–Crippen LogP) is 1.71. The summed E-state index contributed by atoms with van der Waals surface area (Å²) in [6.45, 7) is 2.86. The van der Waals surface area contributed by atoms with Crippen molar-refractivity contribution in [1.29, 1.82) is 0 Å². The van der Waals surface area contributed by atoms with Gasteiger partial charge in [-0.15, -0.1) is 0 Å². The van der Waals surface area contributed by atoms with Crippen molar-refractivity contribution in [2.24, 2.45) is 0 Å². The summed E-state index contributed by atoms with van der Waals surface area (Å²) < 4.78 is 5.60. The highest BCUT2D eigenvalue weighted by molar-refractivity contribution is 5.99. The highest BCUT2D eigenvalue weighted by Crippen LogP contribution is 2.12. The zero-order valence-electron chi connectivity index (χ0n) is 13.2. The van der Waals surface area contributed by atoms with Crippen molar-refractivity contribution in [1.82, 2.24) is 0 Å². The van der Waals surface area contributed by atoms with E-state index in [0.717, 1.165) is 12.4 Å². The lowest BCUT2D eigenvalue weighted by Crippen LogP contribution is -2.30. The molecule has 0 bridgehead atoms. The molecule has 0 fully saturated rings. The number of aromatic nitrogens is 1. The topological polar surface area (TPSA) is 99.4 Å². The second-order valence-electron chi connectivity index (χ2n) is 5.12. The van der Waals surface area contributed by atoms with Gasteiger partial charge in [-0.25, -0.2) is 4.79 Å². The molecule has 124 valence electrons. The number of hydrogen-bond donors (Lipinski definition) is 1. The van der Waals surface area contributed by atoms with Gasteiger partial charge in [-0.1, -0.05) is 12.1 Å². The van der Waals surface area contributed by atoms with E-state index in [2.05, 4.69) is 5.32 Å². The van der Waals surface area contributed by atoms with Gasteiger partial charge >= 0.3 is 5.97 Å². The molecule has 0 aliphatic rings. The van der Waals surface area contributed by atoms with Crippen LogP contribution in [0.25, 0.3) is 0 Å². The Labute approximate surface area is 138 Å². The molecule has 0 saturated carbocycles. The number of hydrogen-bond acceptors (Lipinski definition) is 5. The summed E-state index contributed by atoms with van der Waals surface area (Å²) in [5.74, 6) is -1.36. The Morgan fingerprint density at radius 1 is 1.12 bits per heavy atom. The highest BCUT2D eigenvalue weighted by Gasteiger charge is 2.19. The number of pyridine rings is 1. The van der Waals surface area contributed by atoms with Crippen molar-refractivity contribution in [3.05, 3.63) is 65.1 Å². The molecule has 1 aromatic heterocycles. The van der Waals surface area contributed by atoms with E-state index in [0.29, 0.717) is 16.0 Å². The third-order valence-corrected chi connectivity index (χ3v) is 3.23. The molecular formula is C17H16N2O5. The van der Waals surface area contributed by atoms with E-state index in [1.165, 1.54) is 26.0 Å². The van der Waals surface area contributed by atoms with Crippen LogP contribution in [0.5, 0.6) is 0 Å². The average molecular weight is 328 g/mol. The number of carbonyl (C=O) groups is 3. The van der Waals surface area contributed by atoms with Gasteiger partial charge in [0.05, 0.1) is 5.56 Å². The number of carbonyl (C=O) groups excluding carboxylic acids is 3. The molecule has 1 heterocycles. The van der Waals surface area contributed by atoms with Crippen LogP contribution < -0.4 is 10.0 Å². The summed E-state index contributed by atoms with van der Waals surface area (Å²) in [7, 11) is 0. The Morgan fingerprint density at radius 3 is 2.42 bits per heavy atom. The standard InChI is InChI=1S/C17H16N2O5/c1-11(20)14-4-3-5-15(10-14)18-16(21)12(2)24-17(22)13-6-8-19(23)9-7-13/h3-10,12H,1-2H3,(H,18,21)/t12-/m1/s1. The molecule has 0 radical (unpaired) electrons. The zero-order valence-corrected chi connectivity index (χ0v) is 13.2. The van der Waals surface area contributed by atoms with E-state index >= 15 is 0 Å². The van der Waals surface area contributed by atoms with Crippen molar-refractivity contribution in [3.63, 3.8) is 0 Å². The Kier molecular flexibility index (Phi) is 5.26. The first-order valence-electron chi connectivity index (χ1n) is 7.18. The third-order valence-electron chi connectivity index (χ3n) is 3.23. The molecule has 2 aromatic rings. The largest absolute Gasteiger partial charge is 0.619 e. The maximum Gasteiger partial charge on any atom is 0.339 e. The number of esters is 1. The van der Waals surface area contributed by atoms with E-state index in [1.807, 2.05) is 0 Å². The summed E-state index contributed by atoms with van der Waals surface area (Å²) in [4.78, 5) is 35.3. The van der Waals surface area contributed by atoms with Gasteiger partial charge in [-0.2, -0.15) is 4.73 Å². The maximum absolute atomic E-state index is 12.1. The van der Waals surface area contributed by atoms with Crippen LogP contribution >= 0.6 is 0 Å². The third kappa shape index (κ3) is 4.39. The van der Waals surface area contributed by atoms with E-state index in [1.54, 1.807) is 24.3 Å². The molecule has 2 rings (SSSR count). The van der Waals surface area contributed by atoms with Crippen LogP contribution in [0.2, 0.25) is 0 Å². The minimum Gasteiger partial charge on any atom is -0.619 e. The van der Waals surface area contributed by atoms with Crippen molar-refractivity contribution in [3.8, 4) is 0 Å². The molecule has 1 N–H and O–H groups in total. The number of anilines is 1. The molecule has 0 saturated heterocycles. The summed E-state index contributed by atoms with van der Waals surface area (Å²) in [5, 5.41) is 13.5. The van der Waals surface area contributed by atoms with E-state index in [9.17, 15) is 19.6 Å². The van der Waals surface area contributed by atoms with E-state index in [4.69, 9.17) is 4.74 Å². The summed E-state index contributed by atoms with van der Waals surface area (Å²) in [6, 6.07) is 9.05. The molecule has 24 heavy (non-hydrogen) atoms. The number of amides is 1. The Bertz CT molecular complexity index is 771. The molecule has 7 nitrogen and oxygen atoms in total. The van der Waals surface area contributed by atoms with Crippen LogP contribution in [0.1, 0.15) is 34.6 Å². The number of benzene rings is 1. The van der Waals surface area contributed by atoms with Crippen molar-refractivity contribution in [2.45, 2.75) is 20.0 Å². The van der Waals surface area contributed by atoms with Crippen molar-refractivity contribution in [2.75, 3.05) is 5.32 Å². The second kappa shape index (κ2) is 7.36. The molecule has 1 atom stereocenters. The SMILES string of the molecule is CC(=O)c1cccc(NC(=O)[C@@H](C)OC(=O)c2cc[n+]([O-])cc2)c1. The number of nitrogens with one attached hydrogen (secondary N) is 1. The normalized spacial score (nSPS) is 11.4. The zero-order chi connectivity index (χ0) is 17.7. The van der Waals surface area contributed by atoms with E-state index < -0.39 is 18.0 Å². The van der Waals surface area contributed by atoms with Gasteiger partial charge in [0.1, 0.15) is 0 Å². The minimum absolute atomic E-state index is 0.120. The highest BCUT2D eigenvalue weighted by atomic mass is 16.5. The van der Waals surface area contributed by atoms with Gasteiger partial charge < -0.3 is 15.3 Å². The minimum atomic E-state index is -1.04. The maximum atomic E-state index is 12.1. The van der Waals surface area contributed by atoms with Gasteiger partial charge in [0.2, 0.25) is 0 Å². The van der Waals surface area contributed by atoms with Crippen LogP contribution in [-0.2, 0) is 9.53 Å². The van der Waals surface area contributed by atoms with Crippen LogP contribution in [0.4, 0.5) is 5.69 Å². The Morgan fingerprint density at radius 2 is 1.79 bits per heavy atom. The molecule has 0 aliphatic carbocycles. The molecule has 7 heteroatoms. The summed E-state index contributed by atoms with van der Waals surface area (Å²) in [5.41, 5.74) is 1.07. The van der Waals surface area contributed by atoms with E-state index in [-0.39, 0.29) is 11.3 Å². The fraction of sp³-hybridized carbons (Fsp3) is 0.176. The van der Waals surface area contributed by atoms with Gasteiger partial charge in [0.25, 0.3) is 5.91 Å². The summed E-state index contributed by atoms with van der Waals surface area (Å²) >= 11 is 0. The molecular weight excluding hydrogens is 312 g/mol. The first kappa shape index (κ1) is 17.1. The lowest BCUT2D eigenvalue weighted by atomic mass is 10.1. The van der Waals surface area contributed by atoms with Crippen LogP contribution in [0.3, 0.4) is 0 Å². The fourth-order valence-corrected chi connectivity index (χ4v) is 1.89. The predicted molar refractivity (Wildman–Crippen MR) is 85.4 cm³/mol. The second-order valence-corrected chi connectivity index (χ2v) is 5.12. The van der Waals surface area contributed by atoms with Gasteiger partial charge in [0, 0.05) is 23.4 Å². The van der Waals surface area contributed by atoms with Crippen LogP contribution in [0, 0.1) is 5.21 Å². The van der Waals surface area contributed by atoms with Gasteiger partial charge in [-0.05, 0) is 26.0 Å². The monoisotopic (exact) mass is 328 g/mol. The van der Waals surface area contributed by atoms with Crippen molar-refractivity contribution >= 4 is 23.3 Å². The lowest BCUT2D eigenvalue weighted by molar-refractivity contribution is -0.605. The first-order valence-corrected chi connectivity index (χ1v) is 7.18. The average Bonchev–Trinajstić information content (AvgIpc) is 2.55. The number of rotatable bonds is 5. The van der Waals surface area contributed by atoms with Crippen LogP contribution in [0.15, 0.2) is 48.8 Å². The van der Waals surface area contributed by atoms with Gasteiger partial charge in [-0.3, -0.25) is 9.59 Å². The number of ether oxygens (including phenoxy) is 1. The number of Topliss-reactive ketones (excluding diaryl/α,β-unsaturated/α-hetero) is 1. The fourth-order valence-electron chi connectivity index (χ4n) is 1.89.